The Labute approximate surface area is 105 Å². The Bertz CT molecular complexity index is 283. The van der Waals surface area contributed by atoms with Gasteiger partial charge in [0.25, 0.3) is 0 Å². The second kappa shape index (κ2) is 4.72. The van der Waals surface area contributed by atoms with E-state index in [1.165, 1.54) is 58.0 Å². The molecule has 1 saturated heterocycles. The van der Waals surface area contributed by atoms with Crippen molar-refractivity contribution >= 4 is 5.78 Å². The maximum absolute atomic E-state index is 11.4. The lowest BCUT2D eigenvalue weighted by atomic mass is 9.68. The van der Waals surface area contributed by atoms with Crippen molar-refractivity contribution in [1.29, 1.82) is 0 Å². The Kier molecular flexibility index (Phi) is 3.25. The molecule has 3 fully saturated rings. The van der Waals surface area contributed by atoms with E-state index in [4.69, 9.17) is 0 Å². The van der Waals surface area contributed by atoms with Crippen molar-refractivity contribution in [2.24, 2.45) is 5.41 Å². The highest BCUT2D eigenvalue weighted by molar-refractivity contribution is 5.81. The van der Waals surface area contributed by atoms with E-state index < -0.39 is 0 Å². The zero-order valence-electron chi connectivity index (χ0n) is 10.9. The number of hydrogen-bond acceptors (Lipinski definition) is 2. The minimum Gasteiger partial charge on any atom is -0.300 e. The molecule has 96 valence electrons. The summed E-state index contributed by atoms with van der Waals surface area (Å²) >= 11 is 0. The Hall–Kier alpha value is -0.370. The average Bonchev–Trinajstić information content (AvgIpc) is 2.78. The molecule has 0 bridgehead atoms. The molecule has 1 aliphatic heterocycles. The van der Waals surface area contributed by atoms with Crippen LogP contribution in [-0.2, 0) is 4.79 Å². The number of rotatable bonds is 1. The predicted octanol–water partition coefficient (Wildman–Crippen LogP) is 3.15. The fourth-order valence-corrected chi connectivity index (χ4v) is 4.27. The molecule has 3 aliphatic rings. The highest BCUT2D eigenvalue weighted by atomic mass is 16.1. The minimum atomic E-state index is 0.493. The molecule has 2 heteroatoms. The first-order valence-electron chi connectivity index (χ1n) is 7.53. The maximum atomic E-state index is 11.4. The van der Waals surface area contributed by atoms with Gasteiger partial charge in [0.2, 0.25) is 0 Å². The smallest absolute Gasteiger partial charge is 0.134 e. The van der Waals surface area contributed by atoms with E-state index in [1.807, 2.05) is 0 Å². The van der Waals surface area contributed by atoms with Gasteiger partial charge in [0.15, 0.2) is 0 Å². The summed E-state index contributed by atoms with van der Waals surface area (Å²) in [5.41, 5.74) is 0.706. The van der Waals surface area contributed by atoms with Gasteiger partial charge in [-0.2, -0.15) is 0 Å². The van der Waals surface area contributed by atoms with E-state index in [2.05, 4.69) is 4.90 Å². The SMILES string of the molecule is O=C1CCC(N2CCC3(CCCCC3)CC2)C1. The molecule has 0 aromatic rings. The fourth-order valence-electron chi connectivity index (χ4n) is 4.27. The molecule has 3 rings (SSSR count). The molecule has 1 spiro atoms. The van der Waals surface area contributed by atoms with Crippen molar-refractivity contribution in [2.75, 3.05) is 13.1 Å². The van der Waals surface area contributed by atoms with Gasteiger partial charge in [-0.05, 0) is 50.6 Å². The van der Waals surface area contributed by atoms with E-state index in [1.54, 1.807) is 0 Å². The lowest BCUT2D eigenvalue weighted by molar-refractivity contribution is -0.117. The summed E-state index contributed by atoms with van der Waals surface area (Å²) in [4.78, 5) is 14.0. The molecule has 1 atom stereocenters. The number of ketones is 1. The zero-order valence-corrected chi connectivity index (χ0v) is 10.9. The van der Waals surface area contributed by atoms with Crippen molar-refractivity contribution in [1.82, 2.24) is 4.90 Å². The number of carbonyl (C=O) groups excluding carboxylic acids is 1. The summed E-state index contributed by atoms with van der Waals surface area (Å²) in [5.74, 6) is 0.493. The van der Waals surface area contributed by atoms with E-state index >= 15 is 0 Å². The van der Waals surface area contributed by atoms with Crippen LogP contribution in [0.15, 0.2) is 0 Å². The topological polar surface area (TPSA) is 20.3 Å². The Morgan fingerprint density at radius 2 is 1.71 bits per heavy atom. The van der Waals surface area contributed by atoms with Crippen molar-refractivity contribution in [2.45, 2.75) is 70.3 Å². The summed E-state index contributed by atoms with van der Waals surface area (Å²) in [6.45, 7) is 2.52. The normalized spacial score (nSPS) is 34.4. The molecule has 17 heavy (non-hydrogen) atoms. The molecule has 1 unspecified atom stereocenters. The number of piperidine rings is 1. The van der Waals surface area contributed by atoms with Gasteiger partial charge in [0, 0.05) is 18.9 Å². The number of likely N-dealkylation sites (tertiary alicyclic amines) is 1. The molecule has 2 nitrogen and oxygen atoms in total. The summed E-state index contributed by atoms with van der Waals surface area (Å²) in [7, 11) is 0. The Morgan fingerprint density at radius 3 is 2.29 bits per heavy atom. The summed E-state index contributed by atoms with van der Waals surface area (Å²) in [6, 6.07) is 0.600. The van der Waals surface area contributed by atoms with Crippen LogP contribution in [0.5, 0.6) is 0 Å². The van der Waals surface area contributed by atoms with Gasteiger partial charge in [0.05, 0.1) is 0 Å². The monoisotopic (exact) mass is 235 g/mol. The van der Waals surface area contributed by atoms with E-state index in [0.29, 0.717) is 17.2 Å². The number of Topliss-reactive ketones (excluding diaryl/α,β-unsaturated/α-hetero) is 1. The third-order valence-electron chi connectivity index (χ3n) is 5.51. The van der Waals surface area contributed by atoms with Crippen molar-refractivity contribution in [3.63, 3.8) is 0 Å². The second-order valence-corrected chi connectivity index (χ2v) is 6.53. The first kappa shape index (κ1) is 11.7. The quantitative estimate of drug-likeness (QED) is 0.696. The molecule has 2 aliphatic carbocycles. The first-order valence-corrected chi connectivity index (χ1v) is 7.53. The van der Waals surface area contributed by atoms with Crippen LogP contribution in [0.25, 0.3) is 0 Å². The van der Waals surface area contributed by atoms with Crippen LogP contribution in [0.2, 0.25) is 0 Å². The fraction of sp³-hybridized carbons (Fsp3) is 0.933. The van der Waals surface area contributed by atoms with Crippen LogP contribution in [0.3, 0.4) is 0 Å². The molecular weight excluding hydrogens is 210 g/mol. The molecule has 0 aromatic carbocycles. The Morgan fingerprint density at radius 1 is 1.00 bits per heavy atom. The first-order chi connectivity index (χ1) is 8.27. The minimum absolute atomic E-state index is 0.493. The van der Waals surface area contributed by atoms with Crippen molar-refractivity contribution < 1.29 is 4.79 Å². The number of nitrogens with zero attached hydrogens (tertiary/aromatic N) is 1. The van der Waals surface area contributed by atoms with E-state index in [9.17, 15) is 4.79 Å². The summed E-state index contributed by atoms with van der Waals surface area (Å²) in [6.07, 6.45) is 12.9. The largest absolute Gasteiger partial charge is 0.300 e. The lowest BCUT2D eigenvalue weighted by Gasteiger charge is -2.45. The van der Waals surface area contributed by atoms with Crippen LogP contribution < -0.4 is 0 Å². The van der Waals surface area contributed by atoms with Crippen molar-refractivity contribution in [3.05, 3.63) is 0 Å². The lowest BCUT2D eigenvalue weighted by Crippen LogP contribution is -2.45. The molecule has 0 aromatic heterocycles. The Balaban J connectivity index is 1.54. The number of hydrogen-bond donors (Lipinski definition) is 0. The van der Waals surface area contributed by atoms with Gasteiger partial charge >= 0.3 is 0 Å². The molecular formula is C15H25NO. The molecule has 0 amide bonds. The molecule has 1 heterocycles. The van der Waals surface area contributed by atoms with Crippen LogP contribution >= 0.6 is 0 Å². The summed E-state index contributed by atoms with van der Waals surface area (Å²) in [5, 5.41) is 0. The highest BCUT2D eigenvalue weighted by Crippen LogP contribution is 2.45. The standard InChI is InChI=1S/C15H25NO/c17-14-5-4-13(12-14)16-10-8-15(9-11-16)6-2-1-3-7-15/h13H,1-12H2. The highest BCUT2D eigenvalue weighted by Gasteiger charge is 2.38. The van der Waals surface area contributed by atoms with Crippen LogP contribution in [-0.4, -0.2) is 29.8 Å². The van der Waals surface area contributed by atoms with Gasteiger partial charge in [0.1, 0.15) is 5.78 Å². The third-order valence-corrected chi connectivity index (χ3v) is 5.51. The van der Waals surface area contributed by atoms with E-state index in [-0.39, 0.29) is 0 Å². The maximum Gasteiger partial charge on any atom is 0.134 e. The van der Waals surface area contributed by atoms with Crippen molar-refractivity contribution in [3.8, 4) is 0 Å². The second-order valence-electron chi connectivity index (χ2n) is 6.53. The van der Waals surface area contributed by atoms with Gasteiger partial charge in [-0.1, -0.05) is 19.3 Å². The number of carbonyl (C=O) groups is 1. The van der Waals surface area contributed by atoms with E-state index in [0.717, 1.165) is 19.3 Å². The molecule has 2 saturated carbocycles. The van der Waals surface area contributed by atoms with Gasteiger partial charge in [-0.15, -0.1) is 0 Å². The van der Waals surface area contributed by atoms with Gasteiger partial charge < -0.3 is 0 Å². The van der Waals surface area contributed by atoms with Gasteiger partial charge in [-0.3, -0.25) is 9.69 Å². The molecule has 0 radical (unpaired) electrons. The van der Waals surface area contributed by atoms with Gasteiger partial charge in [-0.25, -0.2) is 0 Å². The molecule has 0 N–H and O–H groups in total. The van der Waals surface area contributed by atoms with Crippen LogP contribution in [0.4, 0.5) is 0 Å². The third kappa shape index (κ3) is 2.42. The van der Waals surface area contributed by atoms with Crippen LogP contribution in [0.1, 0.15) is 64.2 Å². The zero-order chi connectivity index (χ0) is 11.7. The predicted molar refractivity (Wildman–Crippen MR) is 69.0 cm³/mol. The summed E-state index contributed by atoms with van der Waals surface area (Å²) < 4.78 is 0. The van der Waals surface area contributed by atoms with Crippen LogP contribution in [0, 0.1) is 5.41 Å². The average molecular weight is 235 g/mol.